The van der Waals surface area contributed by atoms with E-state index in [1.165, 1.54) is 17.6 Å². The van der Waals surface area contributed by atoms with Gasteiger partial charge in [-0.05, 0) is 18.2 Å². The van der Waals surface area contributed by atoms with Crippen molar-refractivity contribution in [2.24, 2.45) is 5.73 Å². The predicted octanol–water partition coefficient (Wildman–Crippen LogP) is 2.80. The molecule has 4 rings (SSSR count). The zero-order chi connectivity index (χ0) is 17.4. The van der Waals surface area contributed by atoms with Gasteiger partial charge in [-0.15, -0.1) is 16.4 Å². The molecule has 1 aromatic carbocycles. The van der Waals surface area contributed by atoms with E-state index in [4.69, 9.17) is 20.3 Å². The molecular weight excluding hydrogens is 342 g/mol. The fraction of sp³-hybridized carbons (Fsp3) is 0. The molecule has 4 aromatic rings. The summed E-state index contributed by atoms with van der Waals surface area (Å²) in [5.74, 6) is 0.280. The molecule has 0 aliphatic heterocycles. The fourth-order valence-electron chi connectivity index (χ4n) is 2.26. The maximum Gasteiger partial charge on any atom is 0.313 e. The molecule has 0 saturated carbocycles. The first-order valence-corrected chi connectivity index (χ1v) is 8.02. The zero-order valence-corrected chi connectivity index (χ0v) is 13.5. The summed E-state index contributed by atoms with van der Waals surface area (Å²) in [6, 6.07) is 9.09. The SMILES string of the molecule is NC(=O)c1coc(-c2csc(-c3cccc(-c4nnc(N)o4)c3)n2)c1. The van der Waals surface area contributed by atoms with E-state index in [9.17, 15) is 4.79 Å². The maximum atomic E-state index is 11.2. The third-order valence-electron chi connectivity index (χ3n) is 3.44. The quantitative estimate of drug-likeness (QED) is 0.576. The Bertz CT molecular complexity index is 1070. The number of nitrogens with two attached hydrogens (primary N) is 2. The number of furan rings is 1. The van der Waals surface area contributed by atoms with Gasteiger partial charge < -0.3 is 20.3 Å². The van der Waals surface area contributed by atoms with E-state index in [-0.39, 0.29) is 6.01 Å². The third kappa shape index (κ3) is 2.88. The largest absolute Gasteiger partial charge is 0.462 e. The lowest BCUT2D eigenvalue weighted by atomic mass is 10.1. The summed E-state index contributed by atoms with van der Waals surface area (Å²) in [6.45, 7) is 0. The van der Waals surface area contributed by atoms with Gasteiger partial charge in [0.1, 0.15) is 17.0 Å². The molecule has 9 heteroatoms. The standard InChI is InChI=1S/C16H11N5O3S/c17-13(22)10-5-12(23-6-10)11-7-25-15(19-11)9-3-1-2-8(4-9)14-20-21-16(18)24-14/h1-7H,(H2,17,22)(H2,18,21). The van der Waals surface area contributed by atoms with E-state index < -0.39 is 5.91 Å². The van der Waals surface area contributed by atoms with Crippen LogP contribution in [0.2, 0.25) is 0 Å². The van der Waals surface area contributed by atoms with Crippen molar-refractivity contribution in [2.45, 2.75) is 0 Å². The number of carbonyl (C=O) groups excluding carboxylic acids is 1. The molecule has 8 nitrogen and oxygen atoms in total. The molecule has 4 N–H and O–H groups in total. The van der Waals surface area contributed by atoms with Crippen LogP contribution in [0.15, 0.2) is 50.8 Å². The van der Waals surface area contributed by atoms with Crippen molar-refractivity contribution in [3.05, 3.63) is 47.5 Å². The molecule has 3 heterocycles. The molecular formula is C16H11N5O3S. The van der Waals surface area contributed by atoms with Gasteiger partial charge in [0.05, 0.1) is 5.56 Å². The van der Waals surface area contributed by atoms with Gasteiger partial charge in [-0.25, -0.2) is 4.98 Å². The second kappa shape index (κ2) is 5.87. The Balaban J connectivity index is 1.67. The minimum atomic E-state index is -0.544. The lowest BCUT2D eigenvalue weighted by Gasteiger charge is -1.99. The number of thiazole rings is 1. The van der Waals surface area contributed by atoms with Gasteiger partial charge in [0.2, 0.25) is 5.89 Å². The van der Waals surface area contributed by atoms with E-state index in [0.717, 1.165) is 16.1 Å². The summed E-state index contributed by atoms with van der Waals surface area (Å²) in [6.07, 6.45) is 1.32. The van der Waals surface area contributed by atoms with Gasteiger partial charge in [-0.2, -0.15) is 0 Å². The van der Waals surface area contributed by atoms with Crippen molar-refractivity contribution in [1.82, 2.24) is 15.2 Å². The van der Waals surface area contributed by atoms with Crippen molar-refractivity contribution >= 4 is 23.3 Å². The van der Waals surface area contributed by atoms with Crippen LogP contribution in [0.25, 0.3) is 33.5 Å². The van der Waals surface area contributed by atoms with E-state index in [1.807, 2.05) is 29.6 Å². The number of nitrogen functional groups attached to an aromatic ring is 1. The van der Waals surface area contributed by atoms with Gasteiger partial charge >= 0.3 is 6.01 Å². The average molecular weight is 353 g/mol. The van der Waals surface area contributed by atoms with Crippen molar-refractivity contribution < 1.29 is 13.6 Å². The monoisotopic (exact) mass is 353 g/mol. The Hall–Kier alpha value is -3.46. The van der Waals surface area contributed by atoms with Crippen molar-refractivity contribution in [2.75, 3.05) is 5.73 Å². The molecule has 0 radical (unpaired) electrons. The van der Waals surface area contributed by atoms with E-state index in [1.54, 1.807) is 6.07 Å². The number of aromatic nitrogens is 3. The lowest BCUT2D eigenvalue weighted by Crippen LogP contribution is -2.09. The number of carbonyl (C=O) groups is 1. The number of anilines is 1. The minimum Gasteiger partial charge on any atom is -0.462 e. The molecule has 1 amide bonds. The Morgan fingerprint density at radius 2 is 2.00 bits per heavy atom. The second-order valence-electron chi connectivity index (χ2n) is 5.13. The number of primary amides is 1. The van der Waals surface area contributed by atoms with Crippen LogP contribution in [0, 0.1) is 0 Å². The molecule has 0 spiro atoms. The van der Waals surface area contributed by atoms with Gasteiger partial charge in [0.25, 0.3) is 5.91 Å². The maximum absolute atomic E-state index is 11.2. The van der Waals surface area contributed by atoms with E-state index >= 15 is 0 Å². The average Bonchev–Trinajstić information content (AvgIpc) is 3.34. The molecule has 0 fully saturated rings. The molecule has 3 aromatic heterocycles. The topological polar surface area (TPSA) is 134 Å². The highest BCUT2D eigenvalue weighted by molar-refractivity contribution is 7.13. The first-order valence-electron chi connectivity index (χ1n) is 7.14. The van der Waals surface area contributed by atoms with Crippen LogP contribution in [-0.4, -0.2) is 21.1 Å². The lowest BCUT2D eigenvalue weighted by molar-refractivity contribution is 0.0999. The van der Waals surface area contributed by atoms with Crippen LogP contribution in [0.4, 0.5) is 6.01 Å². The molecule has 0 bridgehead atoms. The highest BCUT2D eigenvalue weighted by Crippen LogP contribution is 2.32. The van der Waals surface area contributed by atoms with Gasteiger partial charge in [-0.1, -0.05) is 17.2 Å². The summed E-state index contributed by atoms with van der Waals surface area (Å²) in [4.78, 5) is 15.7. The number of nitrogens with zero attached hydrogens (tertiary/aromatic N) is 3. The Labute approximate surface area is 145 Å². The van der Waals surface area contributed by atoms with E-state index in [0.29, 0.717) is 22.9 Å². The Morgan fingerprint density at radius 1 is 1.16 bits per heavy atom. The zero-order valence-electron chi connectivity index (χ0n) is 12.7. The highest BCUT2D eigenvalue weighted by Gasteiger charge is 2.14. The van der Waals surface area contributed by atoms with Crippen LogP contribution >= 0.6 is 11.3 Å². The number of benzene rings is 1. The number of hydrogen-bond acceptors (Lipinski definition) is 8. The molecule has 0 aliphatic carbocycles. The van der Waals surface area contributed by atoms with Crippen molar-refractivity contribution in [3.63, 3.8) is 0 Å². The molecule has 0 aliphatic rings. The Morgan fingerprint density at radius 3 is 2.72 bits per heavy atom. The first kappa shape index (κ1) is 15.1. The summed E-state index contributed by atoms with van der Waals surface area (Å²) in [5.41, 5.74) is 13.2. The number of rotatable bonds is 4. The smallest absolute Gasteiger partial charge is 0.313 e. The van der Waals surface area contributed by atoms with Crippen molar-refractivity contribution in [3.8, 4) is 33.5 Å². The van der Waals surface area contributed by atoms with Crippen LogP contribution < -0.4 is 11.5 Å². The third-order valence-corrected chi connectivity index (χ3v) is 4.33. The summed E-state index contributed by atoms with van der Waals surface area (Å²) >= 11 is 1.45. The van der Waals surface area contributed by atoms with Gasteiger partial charge in [0.15, 0.2) is 5.76 Å². The summed E-state index contributed by atoms with van der Waals surface area (Å²) in [7, 11) is 0. The normalized spacial score (nSPS) is 10.9. The predicted molar refractivity (Wildman–Crippen MR) is 91.5 cm³/mol. The van der Waals surface area contributed by atoms with Gasteiger partial charge in [-0.3, -0.25) is 4.79 Å². The molecule has 0 unspecified atom stereocenters. The fourth-order valence-corrected chi connectivity index (χ4v) is 3.06. The summed E-state index contributed by atoms with van der Waals surface area (Å²) in [5, 5.41) is 10.2. The Kier molecular flexibility index (Phi) is 3.55. The van der Waals surface area contributed by atoms with Crippen molar-refractivity contribution in [1.29, 1.82) is 0 Å². The second-order valence-corrected chi connectivity index (χ2v) is 5.99. The van der Waals surface area contributed by atoms with E-state index in [2.05, 4.69) is 15.2 Å². The number of hydrogen-bond donors (Lipinski definition) is 2. The number of amides is 1. The molecule has 124 valence electrons. The molecule has 0 atom stereocenters. The van der Waals surface area contributed by atoms with Crippen LogP contribution in [-0.2, 0) is 0 Å². The van der Waals surface area contributed by atoms with Crippen LogP contribution in [0.3, 0.4) is 0 Å². The summed E-state index contributed by atoms with van der Waals surface area (Å²) < 4.78 is 10.6. The minimum absolute atomic E-state index is 0.0139. The van der Waals surface area contributed by atoms with Crippen LogP contribution in [0.5, 0.6) is 0 Å². The molecule has 0 saturated heterocycles. The molecule has 25 heavy (non-hydrogen) atoms. The van der Waals surface area contributed by atoms with Gasteiger partial charge in [0, 0.05) is 16.5 Å². The first-order chi connectivity index (χ1) is 12.1. The van der Waals surface area contributed by atoms with Crippen LogP contribution in [0.1, 0.15) is 10.4 Å². The highest BCUT2D eigenvalue weighted by atomic mass is 32.1.